The molecule has 0 saturated carbocycles. The van der Waals surface area contributed by atoms with Gasteiger partial charge in [-0.1, -0.05) is 31.2 Å². The third-order valence-electron chi connectivity index (χ3n) is 3.15. The van der Waals surface area contributed by atoms with Gasteiger partial charge >= 0.3 is 5.97 Å². The molecule has 0 bridgehead atoms. The van der Waals surface area contributed by atoms with Crippen molar-refractivity contribution in [1.29, 1.82) is 0 Å². The third kappa shape index (κ3) is 4.15. The van der Waals surface area contributed by atoms with Crippen LogP contribution in [0, 0.1) is 0 Å². The lowest BCUT2D eigenvalue weighted by Crippen LogP contribution is -2.13. The lowest BCUT2D eigenvalue weighted by Gasteiger charge is -2.13. The molecule has 100 valence electrons. The Morgan fingerprint density at radius 1 is 1.28 bits per heavy atom. The van der Waals surface area contributed by atoms with Gasteiger partial charge in [-0.2, -0.15) is 0 Å². The molecule has 0 aliphatic rings. The summed E-state index contributed by atoms with van der Waals surface area (Å²) in [6, 6.07) is 8.11. The Balaban J connectivity index is 2.65. The van der Waals surface area contributed by atoms with E-state index in [1.54, 1.807) is 0 Å². The molecule has 0 aliphatic heterocycles. The fourth-order valence-corrected chi connectivity index (χ4v) is 2.04. The van der Waals surface area contributed by atoms with Crippen molar-refractivity contribution < 1.29 is 14.6 Å². The summed E-state index contributed by atoms with van der Waals surface area (Å²) in [5, 5.41) is 8.73. The first kappa shape index (κ1) is 14.7. The van der Waals surface area contributed by atoms with Crippen LogP contribution in [0.15, 0.2) is 24.3 Å². The number of carbonyl (C=O) groups is 1. The van der Waals surface area contributed by atoms with E-state index in [0.29, 0.717) is 0 Å². The van der Waals surface area contributed by atoms with Gasteiger partial charge in [-0.3, -0.25) is 4.79 Å². The Bertz CT molecular complexity index is 357. The van der Waals surface area contributed by atoms with E-state index in [0.717, 1.165) is 31.2 Å². The average molecular weight is 250 g/mol. The summed E-state index contributed by atoms with van der Waals surface area (Å²) in [4.78, 5) is 11.6. The number of esters is 1. The molecular weight excluding hydrogens is 228 g/mol. The minimum absolute atomic E-state index is 0.165. The minimum atomic E-state index is -0.175. The number of rotatable bonds is 7. The molecule has 3 nitrogen and oxygen atoms in total. The highest BCUT2D eigenvalue weighted by Crippen LogP contribution is 2.21. The molecule has 0 heterocycles. The Morgan fingerprint density at radius 2 is 1.94 bits per heavy atom. The Hall–Kier alpha value is -1.35. The predicted octanol–water partition coefficient (Wildman–Crippen LogP) is 2.67. The summed E-state index contributed by atoms with van der Waals surface area (Å²) in [7, 11) is 1.42. The Labute approximate surface area is 109 Å². The molecule has 18 heavy (non-hydrogen) atoms. The van der Waals surface area contributed by atoms with Crippen molar-refractivity contribution in [3.63, 3.8) is 0 Å². The first-order valence-electron chi connectivity index (χ1n) is 6.50. The van der Waals surface area contributed by atoms with Gasteiger partial charge < -0.3 is 9.84 Å². The summed E-state index contributed by atoms with van der Waals surface area (Å²) >= 11 is 0. The van der Waals surface area contributed by atoms with Gasteiger partial charge in [-0.25, -0.2) is 0 Å². The highest BCUT2D eigenvalue weighted by atomic mass is 16.5. The number of aliphatic hydroxyl groups is 1. The topological polar surface area (TPSA) is 46.5 Å². The molecule has 1 aromatic carbocycles. The van der Waals surface area contributed by atoms with Crippen molar-refractivity contribution in [3.05, 3.63) is 35.4 Å². The molecule has 1 atom stereocenters. The molecule has 0 amide bonds. The monoisotopic (exact) mass is 250 g/mol. The fraction of sp³-hybridized carbons (Fsp3) is 0.533. The SMILES string of the molecule is CC[C@H](C(=O)OC)c1ccc(CCCCO)cc1. The molecule has 0 spiro atoms. The molecule has 0 radical (unpaired) electrons. The second-order valence-corrected chi connectivity index (χ2v) is 4.41. The number of unbranched alkanes of at least 4 members (excludes halogenated alkanes) is 1. The molecule has 1 rings (SSSR count). The van der Waals surface area contributed by atoms with Gasteiger partial charge in [0.2, 0.25) is 0 Å². The van der Waals surface area contributed by atoms with Crippen LogP contribution in [0.4, 0.5) is 0 Å². The predicted molar refractivity (Wildman–Crippen MR) is 71.5 cm³/mol. The third-order valence-corrected chi connectivity index (χ3v) is 3.15. The summed E-state index contributed by atoms with van der Waals surface area (Å²) in [6.07, 6.45) is 3.54. The van der Waals surface area contributed by atoms with Crippen molar-refractivity contribution in [2.24, 2.45) is 0 Å². The number of carbonyl (C=O) groups excluding carboxylic acids is 1. The first-order valence-corrected chi connectivity index (χ1v) is 6.50. The summed E-state index contributed by atoms with van der Waals surface area (Å²) < 4.78 is 4.80. The van der Waals surface area contributed by atoms with E-state index in [1.165, 1.54) is 12.7 Å². The number of hydrogen-bond donors (Lipinski definition) is 1. The molecule has 1 N–H and O–H groups in total. The Kier molecular flexibility index (Phi) is 6.44. The van der Waals surface area contributed by atoms with Crippen molar-refractivity contribution >= 4 is 5.97 Å². The Morgan fingerprint density at radius 3 is 2.44 bits per heavy atom. The zero-order valence-corrected chi connectivity index (χ0v) is 11.2. The lowest BCUT2D eigenvalue weighted by molar-refractivity contribution is -0.142. The average Bonchev–Trinajstić information content (AvgIpc) is 2.41. The largest absolute Gasteiger partial charge is 0.469 e. The first-order chi connectivity index (χ1) is 8.72. The normalized spacial score (nSPS) is 12.2. The molecule has 3 heteroatoms. The van der Waals surface area contributed by atoms with Gasteiger partial charge in [0, 0.05) is 6.61 Å². The number of benzene rings is 1. The highest BCUT2D eigenvalue weighted by molar-refractivity contribution is 5.77. The van der Waals surface area contributed by atoms with Crippen LogP contribution in [0.25, 0.3) is 0 Å². The zero-order valence-electron chi connectivity index (χ0n) is 11.2. The van der Waals surface area contributed by atoms with Crippen LogP contribution in [-0.2, 0) is 16.0 Å². The van der Waals surface area contributed by atoms with E-state index < -0.39 is 0 Å². The molecule has 0 aliphatic carbocycles. The van der Waals surface area contributed by atoms with Crippen molar-refractivity contribution in [2.75, 3.05) is 13.7 Å². The second kappa shape index (κ2) is 7.88. The second-order valence-electron chi connectivity index (χ2n) is 4.41. The molecule has 0 fully saturated rings. The van der Waals surface area contributed by atoms with Crippen LogP contribution < -0.4 is 0 Å². The van der Waals surface area contributed by atoms with Crippen LogP contribution in [-0.4, -0.2) is 24.8 Å². The van der Waals surface area contributed by atoms with E-state index in [4.69, 9.17) is 9.84 Å². The highest BCUT2D eigenvalue weighted by Gasteiger charge is 2.18. The maximum atomic E-state index is 11.6. The van der Waals surface area contributed by atoms with Crippen LogP contribution >= 0.6 is 0 Å². The van der Waals surface area contributed by atoms with Crippen molar-refractivity contribution in [2.45, 2.75) is 38.5 Å². The minimum Gasteiger partial charge on any atom is -0.469 e. The lowest BCUT2D eigenvalue weighted by atomic mass is 9.95. The van der Waals surface area contributed by atoms with Crippen molar-refractivity contribution in [1.82, 2.24) is 0 Å². The molecule has 1 aromatic rings. The van der Waals surface area contributed by atoms with Gasteiger partial charge in [0.1, 0.15) is 0 Å². The van der Waals surface area contributed by atoms with Gasteiger partial charge in [0.05, 0.1) is 13.0 Å². The molecule has 0 saturated heterocycles. The number of hydrogen-bond acceptors (Lipinski definition) is 3. The van der Waals surface area contributed by atoms with E-state index >= 15 is 0 Å². The summed E-state index contributed by atoms with van der Waals surface area (Å²) in [6.45, 7) is 2.23. The van der Waals surface area contributed by atoms with Crippen LogP contribution in [0.3, 0.4) is 0 Å². The summed E-state index contributed by atoms with van der Waals surface area (Å²) in [5.41, 5.74) is 2.25. The number of ether oxygens (including phenoxy) is 1. The molecule has 0 unspecified atom stereocenters. The van der Waals surface area contributed by atoms with Crippen LogP contribution in [0.5, 0.6) is 0 Å². The van der Waals surface area contributed by atoms with E-state index in [9.17, 15) is 4.79 Å². The van der Waals surface area contributed by atoms with E-state index in [-0.39, 0.29) is 18.5 Å². The summed E-state index contributed by atoms with van der Waals surface area (Å²) in [5.74, 6) is -0.341. The quantitative estimate of drug-likeness (QED) is 0.598. The zero-order chi connectivity index (χ0) is 13.4. The molecular formula is C15H22O3. The van der Waals surface area contributed by atoms with Crippen LogP contribution in [0.1, 0.15) is 43.2 Å². The van der Waals surface area contributed by atoms with Gasteiger partial charge in [-0.15, -0.1) is 0 Å². The van der Waals surface area contributed by atoms with Crippen LogP contribution in [0.2, 0.25) is 0 Å². The maximum absolute atomic E-state index is 11.6. The number of aliphatic hydroxyl groups excluding tert-OH is 1. The van der Waals surface area contributed by atoms with Crippen molar-refractivity contribution in [3.8, 4) is 0 Å². The number of methoxy groups -OCH3 is 1. The fourth-order valence-electron chi connectivity index (χ4n) is 2.04. The van der Waals surface area contributed by atoms with Gasteiger partial charge in [0.15, 0.2) is 0 Å². The smallest absolute Gasteiger partial charge is 0.313 e. The van der Waals surface area contributed by atoms with Gasteiger partial charge in [-0.05, 0) is 36.8 Å². The standard InChI is InChI=1S/C15H22O3/c1-3-14(15(17)18-2)13-9-7-12(8-10-13)6-4-5-11-16/h7-10,14,16H,3-6,11H2,1-2H3/t14-/m0/s1. The van der Waals surface area contributed by atoms with Gasteiger partial charge in [0.25, 0.3) is 0 Å². The molecule has 0 aromatic heterocycles. The maximum Gasteiger partial charge on any atom is 0.313 e. The van der Waals surface area contributed by atoms with E-state index in [1.807, 2.05) is 19.1 Å². The van der Waals surface area contributed by atoms with E-state index in [2.05, 4.69) is 12.1 Å². The number of aryl methyl sites for hydroxylation is 1.